The molecule has 0 saturated heterocycles. The number of benzene rings is 1. The molecule has 3 heteroatoms. The van der Waals surface area contributed by atoms with Crippen LogP contribution in [0.3, 0.4) is 0 Å². The molecule has 0 radical (unpaired) electrons. The summed E-state index contributed by atoms with van der Waals surface area (Å²) in [7, 11) is 0. The topological polar surface area (TPSA) is 40.5 Å². The lowest BCUT2D eigenvalue weighted by Gasteiger charge is -2.30. The Morgan fingerprint density at radius 1 is 0.947 bits per heavy atom. The van der Waals surface area contributed by atoms with Gasteiger partial charge in [-0.05, 0) is 24.1 Å². The molecule has 0 unspecified atom stereocenters. The smallest absolute Gasteiger partial charge is 0.0550 e. The van der Waals surface area contributed by atoms with Gasteiger partial charge in [-0.15, -0.1) is 0 Å². The average molecular weight is 285 g/mol. The van der Waals surface area contributed by atoms with Crippen LogP contribution in [-0.4, -0.2) is 23.4 Å². The van der Waals surface area contributed by atoms with Gasteiger partial charge in [0, 0.05) is 10.4 Å². The summed E-state index contributed by atoms with van der Waals surface area (Å²) in [4.78, 5) is 0. The summed E-state index contributed by atoms with van der Waals surface area (Å²) in [5.74, 6) is 0. The van der Waals surface area contributed by atoms with Crippen molar-refractivity contribution < 1.29 is 10.2 Å². The summed E-state index contributed by atoms with van der Waals surface area (Å²) in [5, 5.41) is 20.1. The first kappa shape index (κ1) is 16.5. The van der Waals surface area contributed by atoms with Crippen LogP contribution in [0.2, 0.25) is 5.02 Å². The molecule has 2 N–H and O–H groups in total. The second-order valence-corrected chi connectivity index (χ2v) is 5.70. The van der Waals surface area contributed by atoms with Crippen LogP contribution in [0.15, 0.2) is 24.3 Å². The van der Waals surface area contributed by atoms with Crippen LogP contribution in [0.4, 0.5) is 0 Å². The number of aliphatic hydroxyl groups excluding tert-OH is 2. The van der Waals surface area contributed by atoms with Gasteiger partial charge in [-0.3, -0.25) is 0 Å². The molecule has 1 aromatic carbocycles. The zero-order chi connectivity index (χ0) is 14.1. The van der Waals surface area contributed by atoms with Gasteiger partial charge < -0.3 is 10.2 Å². The summed E-state index contributed by atoms with van der Waals surface area (Å²) in [6.45, 7) is 2.14. The molecule has 0 spiro atoms. The standard InChI is InChI=1S/C16H25ClO2/c1-2-3-4-5-6-11-16(12-18,13-19)14-7-9-15(17)10-8-14/h7-10,18-19H,2-6,11-13H2,1H3. The Morgan fingerprint density at radius 2 is 1.53 bits per heavy atom. The number of hydrogen-bond acceptors (Lipinski definition) is 2. The molecule has 1 aromatic rings. The summed E-state index contributed by atoms with van der Waals surface area (Å²) in [6.07, 6.45) is 6.71. The highest BCUT2D eigenvalue weighted by Crippen LogP contribution is 2.30. The minimum atomic E-state index is -0.531. The molecule has 0 aliphatic carbocycles. The first-order valence-corrected chi connectivity index (χ1v) is 7.54. The fraction of sp³-hybridized carbons (Fsp3) is 0.625. The van der Waals surface area contributed by atoms with Crippen molar-refractivity contribution in [3.05, 3.63) is 34.9 Å². The predicted octanol–water partition coefficient (Wildman–Crippen LogP) is 3.92. The van der Waals surface area contributed by atoms with E-state index in [9.17, 15) is 10.2 Å². The lowest BCUT2D eigenvalue weighted by molar-refractivity contribution is 0.107. The van der Waals surface area contributed by atoms with Crippen LogP contribution in [0.1, 0.15) is 51.0 Å². The van der Waals surface area contributed by atoms with Crippen LogP contribution < -0.4 is 0 Å². The third kappa shape index (κ3) is 4.79. The number of rotatable bonds is 9. The van der Waals surface area contributed by atoms with Crippen molar-refractivity contribution >= 4 is 11.6 Å². The monoisotopic (exact) mass is 284 g/mol. The van der Waals surface area contributed by atoms with Crippen LogP contribution in [-0.2, 0) is 5.41 Å². The van der Waals surface area contributed by atoms with Gasteiger partial charge in [-0.1, -0.05) is 62.8 Å². The molecule has 0 heterocycles. The quantitative estimate of drug-likeness (QED) is 0.675. The maximum absolute atomic E-state index is 9.71. The normalized spacial score (nSPS) is 11.8. The van der Waals surface area contributed by atoms with Gasteiger partial charge in [0.1, 0.15) is 0 Å². The molecular formula is C16H25ClO2. The van der Waals surface area contributed by atoms with Crippen molar-refractivity contribution in [3.63, 3.8) is 0 Å². The van der Waals surface area contributed by atoms with E-state index >= 15 is 0 Å². The molecule has 108 valence electrons. The number of halogens is 1. The average Bonchev–Trinajstić information content (AvgIpc) is 2.45. The minimum Gasteiger partial charge on any atom is -0.395 e. The van der Waals surface area contributed by atoms with Crippen molar-refractivity contribution in [1.82, 2.24) is 0 Å². The Hall–Kier alpha value is -0.570. The molecular weight excluding hydrogens is 260 g/mol. The minimum absolute atomic E-state index is 0.0289. The maximum atomic E-state index is 9.71. The number of unbranched alkanes of at least 4 members (excludes halogenated alkanes) is 4. The summed E-state index contributed by atoms with van der Waals surface area (Å²) in [5.41, 5.74) is 0.439. The Morgan fingerprint density at radius 3 is 2.05 bits per heavy atom. The lowest BCUT2D eigenvalue weighted by Crippen LogP contribution is -2.34. The van der Waals surface area contributed by atoms with E-state index in [1.165, 1.54) is 19.3 Å². The van der Waals surface area contributed by atoms with Gasteiger partial charge in [-0.2, -0.15) is 0 Å². The van der Waals surface area contributed by atoms with Crippen LogP contribution in [0, 0.1) is 0 Å². The molecule has 1 rings (SSSR count). The van der Waals surface area contributed by atoms with Crippen molar-refractivity contribution in [2.75, 3.05) is 13.2 Å². The SMILES string of the molecule is CCCCCCCC(CO)(CO)c1ccc(Cl)cc1. The van der Waals surface area contributed by atoms with E-state index in [4.69, 9.17) is 11.6 Å². The molecule has 0 bridgehead atoms. The molecule has 0 aliphatic heterocycles. The van der Waals surface area contributed by atoms with Gasteiger partial charge in [0.05, 0.1) is 13.2 Å². The van der Waals surface area contributed by atoms with Gasteiger partial charge in [0.15, 0.2) is 0 Å². The molecule has 0 saturated carbocycles. The van der Waals surface area contributed by atoms with Gasteiger partial charge in [-0.25, -0.2) is 0 Å². The Kier molecular flexibility index (Phi) is 7.44. The zero-order valence-electron chi connectivity index (χ0n) is 11.7. The molecule has 0 atom stereocenters. The Labute approximate surface area is 121 Å². The first-order chi connectivity index (χ1) is 9.18. The van der Waals surface area contributed by atoms with E-state index in [0.717, 1.165) is 24.8 Å². The molecule has 0 aliphatic rings. The summed E-state index contributed by atoms with van der Waals surface area (Å²) >= 11 is 5.88. The molecule has 0 fully saturated rings. The molecule has 19 heavy (non-hydrogen) atoms. The largest absolute Gasteiger partial charge is 0.395 e. The summed E-state index contributed by atoms with van der Waals surface area (Å²) < 4.78 is 0. The van der Waals surface area contributed by atoms with Gasteiger partial charge >= 0.3 is 0 Å². The number of aliphatic hydroxyl groups is 2. The van der Waals surface area contributed by atoms with E-state index < -0.39 is 5.41 Å². The second-order valence-electron chi connectivity index (χ2n) is 5.27. The van der Waals surface area contributed by atoms with E-state index in [-0.39, 0.29) is 13.2 Å². The van der Waals surface area contributed by atoms with Crippen LogP contribution in [0.5, 0.6) is 0 Å². The van der Waals surface area contributed by atoms with Crippen molar-refractivity contribution in [2.24, 2.45) is 0 Å². The zero-order valence-corrected chi connectivity index (χ0v) is 12.5. The van der Waals surface area contributed by atoms with Crippen molar-refractivity contribution in [2.45, 2.75) is 50.9 Å². The Balaban J connectivity index is 2.65. The van der Waals surface area contributed by atoms with Crippen molar-refractivity contribution in [3.8, 4) is 0 Å². The van der Waals surface area contributed by atoms with E-state index in [2.05, 4.69) is 6.92 Å². The fourth-order valence-electron chi connectivity index (χ4n) is 2.41. The molecule has 2 nitrogen and oxygen atoms in total. The van der Waals surface area contributed by atoms with Gasteiger partial charge in [0.25, 0.3) is 0 Å². The summed E-state index contributed by atoms with van der Waals surface area (Å²) in [6, 6.07) is 7.43. The third-order valence-electron chi connectivity index (χ3n) is 3.82. The maximum Gasteiger partial charge on any atom is 0.0550 e. The number of hydrogen-bond donors (Lipinski definition) is 2. The van der Waals surface area contributed by atoms with E-state index in [0.29, 0.717) is 5.02 Å². The van der Waals surface area contributed by atoms with Gasteiger partial charge in [0.2, 0.25) is 0 Å². The first-order valence-electron chi connectivity index (χ1n) is 7.16. The van der Waals surface area contributed by atoms with E-state index in [1.807, 2.05) is 24.3 Å². The third-order valence-corrected chi connectivity index (χ3v) is 4.07. The fourth-order valence-corrected chi connectivity index (χ4v) is 2.53. The van der Waals surface area contributed by atoms with Crippen LogP contribution in [0.25, 0.3) is 0 Å². The highest BCUT2D eigenvalue weighted by atomic mass is 35.5. The lowest BCUT2D eigenvalue weighted by atomic mass is 9.77. The second kappa shape index (κ2) is 8.57. The molecule has 0 aromatic heterocycles. The molecule has 0 amide bonds. The Bertz CT molecular complexity index is 344. The predicted molar refractivity (Wildman–Crippen MR) is 80.7 cm³/mol. The highest BCUT2D eigenvalue weighted by molar-refractivity contribution is 6.30. The van der Waals surface area contributed by atoms with Crippen molar-refractivity contribution in [1.29, 1.82) is 0 Å². The van der Waals surface area contributed by atoms with E-state index in [1.54, 1.807) is 0 Å². The highest BCUT2D eigenvalue weighted by Gasteiger charge is 2.30. The van der Waals surface area contributed by atoms with Crippen LogP contribution >= 0.6 is 11.6 Å².